The molecule has 2 atom stereocenters. The summed E-state index contributed by atoms with van der Waals surface area (Å²) in [7, 11) is 0. The molecule has 6 heteroatoms. The normalized spacial score (nSPS) is 21.5. The van der Waals surface area contributed by atoms with Gasteiger partial charge in [-0.05, 0) is 51.5 Å². The number of nitrogens with zero attached hydrogens (tertiary/aromatic N) is 1. The third kappa shape index (κ3) is 4.76. The third-order valence-electron chi connectivity index (χ3n) is 4.49. The molecule has 1 saturated heterocycles. The van der Waals surface area contributed by atoms with E-state index in [1.807, 2.05) is 38.8 Å². The van der Waals surface area contributed by atoms with E-state index in [1.54, 1.807) is 6.20 Å². The minimum absolute atomic E-state index is 0.0583. The van der Waals surface area contributed by atoms with E-state index in [2.05, 4.69) is 17.2 Å². The Kier molecular flexibility index (Phi) is 5.57. The van der Waals surface area contributed by atoms with Gasteiger partial charge in [-0.3, -0.25) is 4.79 Å². The molecule has 0 radical (unpaired) electrons. The maximum absolute atomic E-state index is 12.7. The summed E-state index contributed by atoms with van der Waals surface area (Å²) in [5.74, 6) is 0.744. The summed E-state index contributed by atoms with van der Waals surface area (Å²) in [4.78, 5) is 29.4. The third-order valence-corrected chi connectivity index (χ3v) is 4.49. The topological polar surface area (TPSA) is 74.4 Å². The van der Waals surface area contributed by atoms with Crippen LogP contribution < -0.4 is 5.32 Å². The van der Waals surface area contributed by atoms with Crippen LogP contribution in [-0.4, -0.2) is 47.1 Å². The van der Waals surface area contributed by atoms with Crippen LogP contribution in [-0.2, 0) is 4.74 Å². The van der Waals surface area contributed by atoms with Crippen molar-refractivity contribution in [1.82, 2.24) is 15.2 Å². The van der Waals surface area contributed by atoms with Crippen molar-refractivity contribution in [1.29, 1.82) is 0 Å². The quantitative estimate of drug-likeness (QED) is 0.892. The van der Waals surface area contributed by atoms with Crippen LogP contribution in [0, 0.1) is 18.8 Å². The lowest BCUT2D eigenvalue weighted by atomic mass is 9.86. The van der Waals surface area contributed by atoms with E-state index in [4.69, 9.17) is 4.74 Å². The zero-order valence-electron chi connectivity index (χ0n) is 15.3. The van der Waals surface area contributed by atoms with Gasteiger partial charge in [-0.25, -0.2) is 4.79 Å². The van der Waals surface area contributed by atoms with Crippen molar-refractivity contribution in [2.75, 3.05) is 19.6 Å². The molecule has 1 aromatic rings. The Labute approximate surface area is 143 Å². The Morgan fingerprint density at radius 2 is 2.08 bits per heavy atom. The second-order valence-corrected chi connectivity index (χ2v) is 7.71. The van der Waals surface area contributed by atoms with Crippen LogP contribution in [0.4, 0.5) is 4.79 Å². The highest BCUT2D eigenvalue weighted by molar-refractivity contribution is 5.95. The highest BCUT2D eigenvalue weighted by Gasteiger charge is 2.30. The van der Waals surface area contributed by atoms with Crippen molar-refractivity contribution in [2.24, 2.45) is 11.8 Å². The molecular weight excluding hydrogens is 306 g/mol. The van der Waals surface area contributed by atoms with Crippen molar-refractivity contribution >= 4 is 12.0 Å². The van der Waals surface area contributed by atoms with E-state index >= 15 is 0 Å². The van der Waals surface area contributed by atoms with Gasteiger partial charge in [-0.2, -0.15) is 0 Å². The zero-order chi connectivity index (χ0) is 17.9. The molecule has 2 heterocycles. The number of rotatable bonds is 3. The number of ether oxygens (including phenoxy) is 1. The van der Waals surface area contributed by atoms with Crippen LogP contribution in [0.5, 0.6) is 0 Å². The second kappa shape index (κ2) is 7.28. The minimum Gasteiger partial charge on any atom is -0.444 e. The number of likely N-dealkylation sites (tertiary alicyclic amines) is 1. The van der Waals surface area contributed by atoms with Gasteiger partial charge in [0.2, 0.25) is 0 Å². The summed E-state index contributed by atoms with van der Waals surface area (Å²) < 4.78 is 5.28. The van der Waals surface area contributed by atoms with Crippen LogP contribution >= 0.6 is 0 Å². The molecule has 24 heavy (non-hydrogen) atoms. The van der Waals surface area contributed by atoms with Gasteiger partial charge in [-0.1, -0.05) is 6.92 Å². The Hall–Kier alpha value is -1.98. The summed E-state index contributed by atoms with van der Waals surface area (Å²) in [5.41, 5.74) is 1.18. The van der Waals surface area contributed by atoms with Gasteiger partial charge in [0.05, 0.1) is 5.56 Å². The lowest BCUT2D eigenvalue weighted by Crippen LogP contribution is -2.47. The zero-order valence-corrected chi connectivity index (χ0v) is 15.3. The number of aromatic nitrogens is 1. The summed E-state index contributed by atoms with van der Waals surface area (Å²) in [6.07, 6.45) is 4.13. The molecule has 2 amide bonds. The molecule has 1 aromatic heterocycles. The van der Waals surface area contributed by atoms with E-state index in [1.165, 1.54) is 0 Å². The first-order chi connectivity index (χ1) is 11.2. The van der Waals surface area contributed by atoms with Gasteiger partial charge in [-0.15, -0.1) is 0 Å². The molecule has 134 valence electrons. The van der Waals surface area contributed by atoms with Crippen LogP contribution in [0.2, 0.25) is 0 Å². The number of hydrogen-bond acceptors (Lipinski definition) is 3. The van der Waals surface area contributed by atoms with Crippen LogP contribution in [0.15, 0.2) is 12.4 Å². The molecule has 1 fully saturated rings. The van der Waals surface area contributed by atoms with Crippen molar-refractivity contribution < 1.29 is 14.3 Å². The smallest absolute Gasteiger partial charge is 0.407 e. The van der Waals surface area contributed by atoms with E-state index in [-0.39, 0.29) is 11.8 Å². The predicted octanol–water partition coefficient (Wildman–Crippen LogP) is 2.95. The molecule has 0 aromatic carbocycles. The SMILES string of the molecule is Cc1c[nH]cc1C(=O)N1CC[C@@H](C)[C@H](CNC(=O)OC(C)(C)C)C1. The highest BCUT2D eigenvalue weighted by Crippen LogP contribution is 2.24. The second-order valence-electron chi connectivity index (χ2n) is 7.71. The van der Waals surface area contributed by atoms with Crippen molar-refractivity contribution in [3.8, 4) is 0 Å². The molecule has 6 nitrogen and oxygen atoms in total. The number of alkyl carbamates (subject to hydrolysis) is 1. The number of amides is 2. The van der Waals surface area contributed by atoms with E-state index in [9.17, 15) is 9.59 Å². The van der Waals surface area contributed by atoms with Gasteiger partial charge >= 0.3 is 6.09 Å². The van der Waals surface area contributed by atoms with E-state index < -0.39 is 11.7 Å². The maximum atomic E-state index is 12.7. The molecule has 0 unspecified atom stereocenters. The van der Waals surface area contributed by atoms with Crippen molar-refractivity contribution in [3.05, 3.63) is 23.5 Å². The minimum atomic E-state index is -0.504. The first kappa shape index (κ1) is 18.4. The summed E-state index contributed by atoms with van der Waals surface area (Å²) in [6, 6.07) is 0. The van der Waals surface area contributed by atoms with Crippen LogP contribution in [0.1, 0.15) is 50.0 Å². The predicted molar refractivity (Wildman–Crippen MR) is 92.9 cm³/mol. The van der Waals surface area contributed by atoms with Gasteiger partial charge in [0.1, 0.15) is 5.60 Å². The fraction of sp³-hybridized carbons (Fsp3) is 0.667. The van der Waals surface area contributed by atoms with Crippen molar-refractivity contribution in [2.45, 2.75) is 46.6 Å². The number of carbonyl (C=O) groups excluding carboxylic acids is 2. The van der Waals surface area contributed by atoms with Crippen LogP contribution in [0.25, 0.3) is 0 Å². The molecule has 0 saturated carbocycles. The number of aryl methyl sites for hydroxylation is 1. The maximum Gasteiger partial charge on any atom is 0.407 e. The summed E-state index contributed by atoms with van der Waals surface area (Å²) >= 11 is 0. The van der Waals surface area contributed by atoms with Crippen molar-refractivity contribution in [3.63, 3.8) is 0 Å². The standard InChI is InChI=1S/C18H29N3O3/c1-12-6-7-21(16(22)15-10-19-8-13(15)2)11-14(12)9-20-17(23)24-18(3,4)5/h8,10,12,14,19H,6-7,9,11H2,1-5H3,(H,20,23)/t12-,14-/m1/s1. The lowest BCUT2D eigenvalue weighted by Gasteiger charge is -2.37. The first-order valence-corrected chi connectivity index (χ1v) is 8.57. The Morgan fingerprint density at radius 3 is 2.67 bits per heavy atom. The molecule has 1 aliphatic rings. The highest BCUT2D eigenvalue weighted by atomic mass is 16.6. The van der Waals surface area contributed by atoms with Gasteiger partial charge in [0, 0.05) is 32.0 Å². The number of carbonyl (C=O) groups is 2. The fourth-order valence-electron chi connectivity index (χ4n) is 2.97. The van der Waals surface area contributed by atoms with Gasteiger partial charge < -0.3 is 19.9 Å². The van der Waals surface area contributed by atoms with E-state index in [0.717, 1.165) is 24.1 Å². The monoisotopic (exact) mass is 335 g/mol. The van der Waals surface area contributed by atoms with Crippen LogP contribution in [0.3, 0.4) is 0 Å². The molecule has 2 N–H and O–H groups in total. The Balaban J connectivity index is 1.92. The number of aromatic amines is 1. The number of nitrogens with one attached hydrogen (secondary N) is 2. The fourth-order valence-corrected chi connectivity index (χ4v) is 2.97. The van der Waals surface area contributed by atoms with Gasteiger partial charge in [0.15, 0.2) is 0 Å². The first-order valence-electron chi connectivity index (χ1n) is 8.57. The molecule has 0 aliphatic carbocycles. The number of piperidine rings is 1. The molecular formula is C18H29N3O3. The van der Waals surface area contributed by atoms with Gasteiger partial charge in [0.25, 0.3) is 5.91 Å². The summed E-state index contributed by atoms with van der Waals surface area (Å²) in [5, 5.41) is 2.84. The number of H-pyrrole nitrogens is 1. The average molecular weight is 335 g/mol. The molecule has 0 spiro atoms. The number of hydrogen-bond donors (Lipinski definition) is 2. The Bertz CT molecular complexity index is 589. The molecule has 1 aliphatic heterocycles. The summed E-state index contributed by atoms with van der Waals surface area (Å²) in [6.45, 7) is 11.6. The lowest BCUT2D eigenvalue weighted by molar-refractivity contribution is 0.0477. The van der Waals surface area contributed by atoms with E-state index in [0.29, 0.717) is 19.0 Å². The largest absolute Gasteiger partial charge is 0.444 e. The average Bonchev–Trinajstić information content (AvgIpc) is 2.90. The Morgan fingerprint density at radius 1 is 1.38 bits per heavy atom. The molecule has 0 bridgehead atoms. The molecule has 2 rings (SSSR count).